The number of benzene rings is 1. The molecule has 0 amide bonds. The number of allylic oxidation sites excluding steroid dienone is 1. The molecule has 0 N–H and O–H groups in total. The van der Waals surface area contributed by atoms with Crippen LogP contribution in [0.15, 0.2) is 47.1 Å². The van der Waals surface area contributed by atoms with E-state index in [0.717, 1.165) is 13.0 Å². The summed E-state index contributed by atoms with van der Waals surface area (Å²) in [6.45, 7) is 0.955. The van der Waals surface area contributed by atoms with Crippen molar-refractivity contribution in [2.45, 2.75) is 13.1 Å². The Bertz CT molecular complexity index is 547. The highest BCUT2D eigenvalue weighted by Gasteiger charge is 2.36. The molecule has 0 spiro atoms. The van der Waals surface area contributed by atoms with Crippen LogP contribution < -0.4 is 0 Å². The van der Waals surface area contributed by atoms with Crippen molar-refractivity contribution in [2.24, 2.45) is 10.9 Å². The smallest absolute Gasteiger partial charge is 0.394 e. The highest BCUT2D eigenvalue weighted by atomic mass is 19.4. The maximum absolute atomic E-state index is 12.4. The first-order valence-corrected chi connectivity index (χ1v) is 5.53. The molecule has 1 atom stereocenters. The fourth-order valence-corrected chi connectivity index (χ4v) is 1.46. The number of esters is 1. The molecule has 0 fully saturated rings. The molecule has 1 aliphatic rings. The van der Waals surface area contributed by atoms with E-state index in [0.29, 0.717) is 5.56 Å². The van der Waals surface area contributed by atoms with Gasteiger partial charge in [0.2, 0.25) is 5.90 Å². The summed E-state index contributed by atoms with van der Waals surface area (Å²) in [5.74, 6) is -2.60. The second-order valence-electron chi connectivity index (χ2n) is 4.05. The highest BCUT2D eigenvalue weighted by molar-refractivity contribution is 6.11. The minimum Gasteiger partial charge on any atom is -0.402 e. The van der Waals surface area contributed by atoms with Crippen molar-refractivity contribution in [3.8, 4) is 0 Å². The number of halogens is 3. The summed E-state index contributed by atoms with van der Waals surface area (Å²) in [5, 5.41) is 0. The maximum atomic E-state index is 12.4. The van der Waals surface area contributed by atoms with E-state index in [1.165, 1.54) is 0 Å². The van der Waals surface area contributed by atoms with Gasteiger partial charge in [-0.3, -0.25) is 0 Å². The van der Waals surface area contributed by atoms with E-state index in [4.69, 9.17) is 4.74 Å². The summed E-state index contributed by atoms with van der Waals surface area (Å²) in [6.07, 6.45) is -3.64. The molecule has 1 unspecified atom stereocenters. The third-order valence-corrected chi connectivity index (χ3v) is 2.57. The van der Waals surface area contributed by atoms with Crippen LogP contribution >= 0.6 is 0 Å². The minimum atomic E-state index is -4.40. The fraction of sp³-hybridized carbons (Fsp3) is 0.231. The van der Waals surface area contributed by atoms with Crippen LogP contribution in [-0.4, -0.2) is 18.0 Å². The molecule has 1 heterocycles. The van der Waals surface area contributed by atoms with E-state index in [1.54, 1.807) is 30.3 Å². The van der Waals surface area contributed by atoms with Gasteiger partial charge in [0.25, 0.3) is 0 Å². The van der Waals surface area contributed by atoms with Crippen LogP contribution in [0, 0.1) is 5.92 Å². The van der Waals surface area contributed by atoms with Crippen molar-refractivity contribution in [3.63, 3.8) is 0 Å². The molecule has 0 bridgehead atoms. The van der Waals surface area contributed by atoms with Gasteiger partial charge in [0.1, 0.15) is 5.70 Å². The lowest BCUT2D eigenvalue weighted by molar-refractivity contribution is -0.156. The number of cyclic esters (lactones) is 1. The SMILES string of the molecule is CC(/C=C1/N=C(c2ccccc2)OC1=O)C(F)(F)F. The summed E-state index contributed by atoms with van der Waals surface area (Å²) in [7, 11) is 0. The zero-order valence-electron chi connectivity index (χ0n) is 9.94. The van der Waals surface area contributed by atoms with Gasteiger partial charge in [-0.15, -0.1) is 0 Å². The second kappa shape index (κ2) is 4.87. The van der Waals surface area contributed by atoms with Crippen LogP contribution in [0.2, 0.25) is 0 Å². The Balaban J connectivity index is 2.27. The third-order valence-electron chi connectivity index (χ3n) is 2.57. The van der Waals surface area contributed by atoms with E-state index in [2.05, 4.69) is 4.99 Å². The minimum absolute atomic E-state index is 0.0197. The number of hydrogen-bond donors (Lipinski definition) is 0. The van der Waals surface area contributed by atoms with E-state index in [9.17, 15) is 18.0 Å². The van der Waals surface area contributed by atoms with Gasteiger partial charge in [-0.25, -0.2) is 9.79 Å². The molecule has 100 valence electrons. The Kier molecular flexibility index (Phi) is 3.42. The van der Waals surface area contributed by atoms with Crippen LogP contribution in [0.5, 0.6) is 0 Å². The van der Waals surface area contributed by atoms with Crippen molar-refractivity contribution >= 4 is 11.9 Å². The van der Waals surface area contributed by atoms with Crippen molar-refractivity contribution in [3.05, 3.63) is 47.7 Å². The molecule has 2 rings (SSSR count). The molecule has 0 aromatic heterocycles. The van der Waals surface area contributed by atoms with E-state index in [1.807, 2.05) is 0 Å². The largest absolute Gasteiger partial charge is 0.402 e. The summed E-state index contributed by atoms with van der Waals surface area (Å²) >= 11 is 0. The van der Waals surface area contributed by atoms with Gasteiger partial charge in [0.15, 0.2) is 0 Å². The molecule has 1 aromatic carbocycles. The van der Waals surface area contributed by atoms with Gasteiger partial charge in [-0.1, -0.05) is 25.1 Å². The van der Waals surface area contributed by atoms with Crippen LogP contribution in [0.3, 0.4) is 0 Å². The molecule has 0 aliphatic carbocycles. The number of alkyl halides is 3. The zero-order chi connectivity index (χ0) is 14.0. The quantitative estimate of drug-likeness (QED) is 0.611. The number of carbonyl (C=O) groups excluding carboxylic acids is 1. The Morgan fingerprint density at radius 1 is 1.26 bits per heavy atom. The predicted octanol–water partition coefficient (Wildman–Crippen LogP) is 3.07. The monoisotopic (exact) mass is 269 g/mol. The van der Waals surface area contributed by atoms with E-state index < -0.39 is 18.1 Å². The Morgan fingerprint density at radius 2 is 1.89 bits per heavy atom. The first-order valence-electron chi connectivity index (χ1n) is 5.53. The number of aliphatic imine (C=N–C) groups is 1. The standard InChI is InChI=1S/C13H10F3NO2/c1-8(13(14,15)16)7-10-12(18)19-11(17-10)9-5-3-2-4-6-9/h2-8H,1H3/b10-7+. The number of rotatable bonds is 2. The third kappa shape index (κ3) is 3.01. The van der Waals surface area contributed by atoms with Gasteiger partial charge in [-0.05, 0) is 18.2 Å². The second-order valence-corrected chi connectivity index (χ2v) is 4.05. The molecule has 6 heteroatoms. The molecule has 1 aliphatic heterocycles. The average Bonchev–Trinajstić information content (AvgIpc) is 2.71. The van der Waals surface area contributed by atoms with Crippen molar-refractivity contribution in [1.29, 1.82) is 0 Å². The Morgan fingerprint density at radius 3 is 2.47 bits per heavy atom. The summed E-state index contributed by atoms with van der Waals surface area (Å²) < 4.78 is 42.1. The number of carbonyl (C=O) groups is 1. The molecule has 19 heavy (non-hydrogen) atoms. The molecular formula is C13H10F3NO2. The van der Waals surface area contributed by atoms with Crippen molar-refractivity contribution in [1.82, 2.24) is 0 Å². The lowest BCUT2D eigenvalue weighted by Crippen LogP contribution is -2.18. The first-order chi connectivity index (χ1) is 8.88. The molecule has 1 aromatic rings. The summed E-state index contributed by atoms with van der Waals surface area (Å²) in [5.41, 5.74) is 0.225. The number of nitrogens with zero attached hydrogens (tertiary/aromatic N) is 1. The van der Waals surface area contributed by atoms with Crippen LogP contribution in [0.25, 0.3) is 0 Å². The van der Waals surface area contributed by atoms with Gasteiger partial charge in [0, 0.05) is 5.56 Å². The number of ether oxygens (including phenoxy) is 1. The fourth-order valence-electron chi connectivity index (χ4n) is 1.46. The number of hydrogen-bond acceptors (Lipinski definition) is 3. The summed E-state index contributed by atoms with van der Waals surface area (Å²) in [6, 6.07) is 8.51. The molecule has 3 nitrogen and oxygen atoms in total. The lowest BCUT2D eigenvalue weighted by Gasteiger charge is -2.10. The maximum Gasteiger partial charge on any atom is 0.394 e. The lowest BCUT2D eigenvalue weighted by atomic mass is 10.1. The highest BCUT2D eigenvalue weighted by Crippen LogP contribution is 2.29. The van der Waals surface area contributed by atoms with Crippen molar-refractivity contribution in [2.75, 3.05) is 0 Å². The molecular weight excluding hydrogens is 259 g/mol. The van der Waals surface area contributed by atoms with Gasteiger partial charge in [-0.2, -0.15) is 13.2 Å². The van der Waals surface area contributed by atoms with Gasteiger partial charge < -0.3 is 4.74 Å². The van der Waals surface area contributed by atoms with Crippen LogP contribution in [0.4, 0.5) is 13.2 Å². The van der Waals surface area contributed by atoms with Crippen LogP contribution in [0.1, 0.15) is 12.5 Å². The first kappa shape index (κ1) is 13.3. The zero-order valence-corrected chi connectivity index (χ0v) is 9.94. The Hall–Kier alpha value is -2.11. The van der Waals surface area contributed by atoms with Gasteiger partial charge >= 0.3 is 12.1 Å². The molecule has 0 radical (unpaired) electrons. The topological polar surface area (TPSA) is 38.7 Å². The summed E-state index contributed by atoms with van der Waals surface area (Å²) in [4.78, 5) is 15.2. The van der Waals surface area contributed by atoms with Gasteiger partial charge in [0.05, 0.1) is 5.92 Å². The molecule has 0 saturated carbocycles. The Labute approximate surface area is 107 Å². The normalized spacial score (nSPS) is 19.3. The molecule has 0 saturated heterocycles. The van der Waals surface area contributed by atoms with E-state index >= 15 is 0 Å². The predicted molar refractivity (Wildman–Crippen MR) is 62.4 cm³/mol. The van der Waals surface area contributed by atoms with Crippen LogP contribution in [-0.2, 0) is 9.53 Å². The average molecular weight is 269 g/mol. The van der Waals surface area contributed by atoms with Crippen molar-refractivity contribution < 1.29 is 22.7 Å². The van der Waals surface area contributed by atoms with E-state index in [-0.39, 0.29) is 11.6 Å².